The number of hydrogen-bond donors (Lipinski definition) is 3. The van der Waals surface area contributed by atoms with E-state index in [1.165, 1.54) is 24.3 Å². The van der Waals surface area contributed by atoms with Gasteiger partial charge < -0.3 is 20.4 Å². The highest BCUT2D eigenvalue weighted by atomic mass is 35.5. The molecule has 0 aliphatic heterocycles. The van der Waals surface area contributed by atoms with Crippen LogP contribution in [0.5, 0.6) is 0 Å². The van der Waals surface area contributed by atoms with E-state index in [1.807, 2.05) is 6.92 Å². The molecule has 12 heteroatoms. The zero-order valence-corrected chi connectivity index (χ0v) is 21.8. The molecule has 0 bridgehead atoms. The molecule has 4 aromatic rings. The fourth-order valence-electron chi connectivity index (χ4n) is 3.74. The number of benzene rings is 3. The fourth-order valence-corrected chi connectivity index (χ4v) is 3.91. The number of aromatic nitrogens is 2. The molecule has 0 atom stereocenters. The number of rotatable bonds is 7. The molecule has 0 spiro atoms. The van der Waals surface area contributed by atoms with Crippen molar-refractivity contribution in [3.05, 3.63) is 87.7 Å². The number of nitrogens with one attached hydrogen (secondary N) is 3. The second kappa shape index (κ2) is 11.8. The minimum Gasteiger partial charge on any atom is -0.374 e. The quantitative estimate of drug-likeness (QED) is 0.224. The third-order valence-corrected chi connectivity index (χ3v) is 5.98. The Kier molecular flexibility index (Phi) is 9.03. The number of carbonyl (C=O) groups is 2. The first-order valence-electron chi connectivity index (χ1n) is 11.2. The first-order valence-corrected chi connectivity index (χ1v) is 11.6. The summed E-state index contributed by atoms with van der Waals surface area (Å²) in [5.41, 5.74) is 0.417. The van der Waals surface area contributed by atoms with E-state index in [4.69, 9.17) is 16.3 Å². The molecule has 200 valence electrons. The van der Waals surface area contributed by atoms with E-state index in [2.05, 4.69) is 20.6 Å². The molecule has 7 nitrogen and oxygen atoms in total. The van der Waals surface area contributed by atoms with Gasteiger partial charge in [-0.15, -0.1) is 12.4 Å². The van der Waals surface area contributed by atoms with Crippen LogP contribution < -0.4 is 10.6 Å². The minimum atomic E-state index is -4.71. The number of ether oxygens (including phenoxy) is 1. The Hall–Kier alpha value is -3.60. The third kappa shape index (κ3) is 6.27. The van der Waals surface area contributed by atoms with E-state index < -0.39 is 29.1 Å². The van der Waals surface area contributed by atoms with Crippen molar-refractivity contribution < 1.29 is 27.5 Å². The smallest absolute Gasteiger partial charge is 0.374 e. The number of carbonyl (C=O) groups excluding carboxylic acids is 2. The number of hydrogen-bond acceptors (Lipinski definition) is 4. The Morgan fingerprint density at radius 2 is 1.74 bits per heavy atom. The summed E-state index contributed by atoms with van der Waals surface area (Å²) in [6.45, 7) is 4.16. The van der Waals surface area contributed by atoms with Crippen LogP contribution in [0.25, 0.3) is 11.0 Å². The average molecular weight is 567 g/mol. The van der Waals surface area contributed by atoms with Crippen LogP contribution in [0.15, 0.2) is 54.6 Å². The van der Waals surface area contributed by atoms with Crippen LogP contribution in [0.2, 0.25) is 5.02 Å². The molecule has 0 fully saturated rings. The van der Waals surface area contributed by atoms with E-state index in [1.54, 1.807) is 25.1 Å². The molecule has 0 saturated carbocycles. The summed E-state index contributed by atoms with van der Waals surface area (Å²) in [6.07, 6.45) is -4.71. The lowest BCUT2D eigenvalue weighted by atomic mass is 10.1. The zero-order valence-electron chi connectivity index (χ0n) is 20.2. The summed E-state index contributed by atoms with van der Waals surface area (Å²) < 4.78 is 45.7. The Morgan fingerprint density at radius 1 is 1.03 bits per heavy atom. The van der Waals surface area contributed by atoms with Gasteiger partial charge in [-0.3, -0.25) is 9.59 Å². The normalized spacial score (nSPS) is 11.2. The Labute approximate surface area is 227 Å². The third-order valence-electron chi connectivity index (χ3n) is 5.57. The molecule has 3 N–H and O–H groups in total. The van der Waals surface area contributed by atoms with Crippen LogP contribution in [-0.4, -0.2) is 28.4 Å². The number of anilines is 2. The van der Waals surface area contributed by atoms with Gasteiger partial charge in [-0.1, -0.05) is 29.8 Å². The van der Waals surface area contributed by atoms with Crippen LogP contribution in [0.4, 0.5) is 24.5 Å². The molecule has 0 aliphatic carbocycles. The van der Waals surface area contributed by atoms with Gasteiger partial charge in [0.25, 0.3) is 11.8 Å². The van der Waals surface area contributed by atoms with E-state index in [9.17, 15) is 22.8 Å². The lowest BCUT2D eigenvalue weighted by Crippen LogP contribution is -2.19. The van der Waals surface area contributed by atoms with Gasteiger partial charge in [-0.25, -0.2) is 4.98 Å². The van der Waals surface area contributed by atoms with Gasteiger partial charge in [0, 0.05) is 23.0 Å². The monoisotopic (exact) mass is 566 g/mol. The van der Waals surface area contributed by atoms with Crippen molar-refractivity contribution in [2.45, 2.75) is 26.6 Å². The van der Waals surface area contributed by atoms with E-state index >= 15 is 0 Å². The van der Waals surface area contributed by atoms with Crippen molar-refractivity contribution in [3.8, 4) is 0 Å². The first kappa shape index (κ1) is 29.0. The van der Waals surface area contributed by atoms with Gasteiger partial charge in [-0.2, -0.15) is 13.2 Å². The zero-order chi connectivity index (χ0) is 26.7. The molecule has 1 heterocycles. The maximum absolute atomic E-state index is 13.4. The molecule has 0 aliphatic rings. The molecule has 38 heavy (non-hydrogen) atoms. The number of fused-ring (bicyclic) bond motifs is 1. The summed E-state index contributed by atoms with van der Waals surface area (Å²) >= 11 is 6.17. The van der Waals surface area contributed by atoms with E-state index in [0.29, 0.717) is 39.7 Å². The standard InChI is InChI=1S/C26H22ClF3N4O3.ClH/c1-3-37-13-22-32-21-12-15(31-24(35)16-7-4-5-8-18(16)26(28,29)30)11-17(23(21)34-22)25(36)33-20-10-6-9-19(27)14(20)2;/h4-12H,3,13H2,1-2H3,(H,31,35)(H,32,34)(H,33,36);1H. The molecular weight excluding hydrogens is 544 g/mol. The minimum absolute atomic E-state index is 0. The van der Waals surface area contributed by atoms with Crippen LogP contribution in [0.1, 0.15) is 44.6 Å². The van der Waals surface area contributed by atoms with Crippen molar-refractivity contribution in [2.75, 3.05) is 17.2 Å². The number of halogens is 5. The largest absolute Gasteiger partial charge is 0.417 e. The van der Waals surface area contributed by atoms with Crippen molar-refractivity contribution in [2.24, 2.45) is 0 Å². The second-order valence-corrected chi connectivity index (χ2v) is 8.51. The predicted octanol–water partition coefficient (Wildman–Crippen LogP) is 7.01. The SMILES string of the molecule is CCOCc1nc2c(C(=O)Nc3cccc(Cl)c3C)cc(NC(=O)c3ccccc3C(F)(F)F)cc2[nH]1.Cl. The Balaban J connectivity index is 0.00000400. The van der Waals surface area contributed by atoms with Crippen LogP contribution in [-0.2, 0) is 17.5 Å². The van der Waals surface area contributed by atoms with Gasteiger partial charge in [0.15, 0.2) is 0 Å². The van der Waals surface area contributed by atoms with Gasteiger partial charge >= 0.3 is 6.18 Å². The molecule has 4 rings (SSSR count). The number of nitrogens with zero attached hydrogens (tertiary/aromatic N) is 1. The summed E-state index contributed by atoms with van der Waals surface area (Å²) in [7, 11) is 0. The van der Waals surface area contributed by atoms with Crippen molar-refractivity contribution in [1.82, 2.24) is 9.97 Å². The lowest BCUT2D eigenvalue weighted by Gasteiger charge is -2.14. The average Bonchev–Trinajstić information content (AvgIpc) is 3.27. The van der Waals surface area contributed by atoms with Crippen LogP contribution >= 0.6 is 24.0 Å². The highest BCUT2D eigenvalue weighted by molar-refractivity contribution is 6.31. The number of imidazole rings is 1. The topological polar surface area (TPSA) is 96.1 Å². The Morgan fingerprint density at radius 3 is 2.45 bits per heavy atom. The summed E-state index contributed by atoms with van der Waals surface area (Å²) in [5, 5.41) is 5.72. The van der Waals surface area contributed by atoms with Gasteiger partial charge in [0.05, 0.1) is 22.2 Å². The van der Waals surface area contributed by atoms with Crippen molar-refractivity contribution in [3.63, 3.8) is 0 Å². The number of H-pyrrole nitrogens is 1. The predicted molar refractivity (Wildman–Crippen MR) is 142 cm³/mol. The van der Waals surface area contributed by atoms with Crippen LogP contribution in [0.3, 0.4) is 0 Å². The molecular formula is C26H23Cl2F3N4O3. The summed E-state index contributed by atoms with van der Waals surface area (Å²) in [5.74, 6) is -1.08. The van der Waals surface area contributed by atoms with Gasteiger partial charge in [0.1, 0.15) is 17.9 Å². The van der Waals surface area contributed by atoms with Crippen molar-refractivity contribution >= 4 is 58.2 Å². The highest BCUT2D eigenvalue weighted by Gasteiger charge is 2.35. The van der Waals surface area contributed by atoms with Gasteiger partial charge in [0.2, 0.25) is 0 Å². The lowest BCUT2D eigenvalue weighted by molar-refractivity contribution is -0.137. The van der Waals surface area contributed by atoms with E-state index in [0.717, 1.165) is 12.1 Å². The number of aromatic amines is 1. The van der Waals surface area contributed by atoms with E-state index in [-0.39, 0.29) is 30.3 Å². The number of alkyl halides is 3. The molecule has 3 aromatic carbocycles. The molecule has 0 saturated heterocycles. The maximum atomic E-state index is 13.4. The van der Waals surface area contributed by atoms with Gasteiger partial charge in [-0.05, 0) is 55.8 Å². The molecule has 0 unspecified atom stereocenters. The van der Waals surface area contributed by atoms with Crippen molar-refractivity contribution in [1.29, 1.82) is 0 Å². The molecule has 2 amide bonds. The number of amides is 2. The fraction of sp³-hybridized carbons (Fsp3) is 0.192. The second-order valence-electron chi connectivity index (χ2n) is 8.10. The Bertz CT molecular complexity index is 1490. The van der Waals surface area contributed by atoms with Crippen LogP contribution in [0, 0.1) is 6.92 Å². The molecule has 1 aromatic heterocycles. The maximum Gasteiger partial charge on any atom is 0.417 e. The summed E-state index contributed by atoms with van der Waals surface area (Å²) in [6, 6.07) is 12.4. The summed E-state index contributed by atoms with van der Waals surface area (Å²) in [4.78, 5) is 33.6. The molecule has 0 radical (unpaired) electrons. The first-order chi connectivity index (χ1) is 17.6. The highest BCUT2D eigenvalue weighted by Crippen LogP contribution is 2.33.